The van der Waals surface area contributed by atoms with E-state index < -0.39 is 24.6 Å². The highest BCUT2D eigenvalue weighted by molar-refractivity contribution is 6.30. The van der Waals surface area contributed by atoms with Crippen molar-refractivity contribution in [3.63, 3.8) is 0 Å². The van der Waals surface area contributed by atoms with E-state index in [0.29, 0.717) is 11.6 Å². The molecule has 104 valence electrons. The number of carbonyl (C=O) groups excluding carboxylic acids is 1. The Balaban J connectivity index is 2.57. The van der Waals surface area contributed by atoms with E-state index in [2.05, 4.69) is 5.32 Å². The van der Waals surface area contributed by atoms with Crippen molar-refractivity contribution in [2.24, 2.45) is 0 Å². The minimum atomic E-state index is -1.31. The lowest BCUT2D eigenvalue weighted by Gasteiger charge is -2.20. The molecule has 0 radical (unpaired) electrons. The average Bonchev–Trinajstić information content (AvgIpc) is 2.37. The van der Waals surface area contributed by atoms with Crippen LogP contribution in [0.2, 0.25) is 5.02 Å². The Morgan fingerprint density at radius 1 is 1.37 bits per heavy atom. The number of urea groups is 1. The molecule has 0 aromatic heterocycles. The molecule has 3 N–H and O–H groups in total. The number of nitrogens with one attached hydrogen (secondary N) is 1. The van der Waals surface area contributed by atoms with Crippen LogP contribution in [-0.2, 0) is 11.3 Å². The largest absolute Gasteiger partial charge is 0.480 e. The summed E-state index contributed by atoms with van der Waals surface area (Å²) in [6.45, 7) is -0.351. The number of nitrogens with zero attached hydrogens (tertiary/aromatic N) is 1. The van der Waals surface area contributed by atoms with Gasteiger partial charge in [0.25, 0.3) is 0 Å². The number of carbonyl (C=O) groups is 2. The Morgan fingerprint density at radius 3 is 2.42 bits per heavy atom. The first-order valence-electron chi connectivity index (χ1n) is 5.53. The molecule has 19 heavy (non-hydrogen) atoms. The molecule has 1 aromatic rings. The second kappa shape index (κ2) is 6.96. The number of benzene rings is 1. The first-order chi connectivity index (χ1) is 8.93. The van der Waals surface area contributed by atoms with Gasteiger partial charge in [0.05, 0.1) is 6.61 Å². The molecule has 1 atom stereocenters. The van der Waals surface area contributed by atoms with Crippen LogP contribution in [0.5, 0.6) is 0 Å². The molecular formula is C12H15ClN2O4. The van der Waals surface area contributed by atoms with Gasteiger partial charge in [-0.1, -0.05) is 23.7 Å². The molecule has 1 rings (SSSR count). The predicted molar refractivity (Wildman–Crippen MR) is 70.0 cm³/mol. The fourth-order valence-electron chi connectivity index (χ4n) is 1.38. The second-order valence-corrected chi connectivity index (χ2v) is 4.44. The van der Waals surface area contributed by atoms with Crippen LogP contribution in [0.3, 0.4) is 0 Å². The summed E-state index contributed by atoms with van der Waals surface area (Å²) in [6, 6.07) is 5.07. The number of carboxylic acids is 1. The minimum Gasteiger partial charge on any atom is -0.480 e. The van der Waals surface area contributed by atoms with E-state index in [-0.39, 0.29) is 0 Å². The van der Waals surface area contributed by atoms with Crippen LogP contribution in [0.1, 0.15) is 5.56 Å². The molecule has 0 heterocycles. The van der Waals surface area contributed by atoms with Crippen LogP contribution in [-0.4, -0.2) is 46.8 Å². The van der Waals surface area contributed by atoms with E-state index in [1.54, 1.807) is 24.3 Å². The molecule has 1 aromatic carbocycles. The SMILES string of the molecule is CN(Cc1ccc(Cl)cc1)C(=O)N[C@H](CO)C(=O)O. The molecule has 6 nitrogen and oxygen atoms in total. The highest BCUT2D eigenvalue weighted by Crippen LogP contribution is 2.10. The quantitative estimate of drug-likeness (QED) is 0.751. The van der Waals surface area contributed by atoms with E-state index in [4.69, 9.17) is 21.8 Å². The van der Waals surface area contributed by atoms with Crippen molar-refractivity contribution in [1.29, 1.82) is 0 Å². The van der Waals surface area contributed by atoms with E-state index in [1.807, 2.05) is 0 Å². The third kappa shape index (κ3) is 4.76. The molecule has 0 aliphatic heterocycles. The maximum Gasteiger partial charge on any atom is 0.328 e. The van der Waals surface area contributed by atoms with Crippen LogP contribution in [0, 0.1) is 0 Å². The van der Waals surface area contributed by atoms with Gasteiger partial charge in [0.15, 0.2) is 6.04 Å². The number of amides is 2. The molecule has 0 spiro atoms. The van der Waals surface area contributed by atoms with Gasteiger partial charge in [-0.25, -0.2) is 9.59 Å². The topological polar surface area (TPSA) is 89.9 Å². The number of aliphatic hydroxyl groups is 1. The molecule has 0 saturated carbocycles. The standard InChI is InChI=1S/C12H15ClN2O4/c1-15(6-8-2-4-9(13)5-3-8)12(19)14-10(7-16)11(17)18/h2-5,10,16H,6-7H2,1H3,(H,14,19)(H,17,18)/t10-/m1/s1. The van der Waals surface area contributed by atoms with Crippen molar-refractivity contribution in [2.75, 3.05) is 13.7 Å². The number of aliphatic hydroxyl groups excluding tert-OH is 1. The lowest BCUT2D eigenvalue weighted by molar-refractivity contribution is -0.140. The van der Waals surface area contributed by atoms with Gasteiger partial charge in [-0.2, -0.15) is 0 Å². The Labute approximate surface area is 115 Å². The molecule has 0 aliphatic rings. The molecule has 7 heteroatoms. The van der Waals surface area contributed by atoms with Crippen LogP contribution in [0.4, 0.5) is 4.79 Å². The fraction of sp³-hybridized carbons (Fsp3) is 0.333. The van der Waals surface area contributed by atoms with Crippen LogP contribution < -0.4 is 5.32 Å². The smallest absolute Gasteiger partial charge is 0.328 e. The number of halogens is 1. The Bertz CT molecular complexity index is 450. The van der Waals surface area contributed by atoms with Crippen molar-refractivity contribution >= 4 is 23.6 Å². The predicted octanol–water partition coefficient (Wildman–Crippen LogP) is 0.927. The molecule has 0 aliphatic carbocycles. The van der Waals surface area contributed by atoms with Gasteiger partial charge in [0.2, 0.25) is 0 Å². The summed E-state index contributed by atoms with van der Waals surface area (Å²) >= 11 is 5.75. The number of hydrogen-bond acceptors (Lipinski definition) is 3. The van der Waals surface area contributed by atoms with Gasteiger partial charge in [-0.15, -0.1) is 0 Å². The van der Waals surface area contributed by atoms with Gasteiger partial charge in [-0.05, 0) is 17.7 Å². The van der Waals surface area contributed by atoms with E-state index in [9.17, 15) is 9.59 Å². The molecular weight excluding hydrogens is 272 g/mol. The third-order valence-electron chi connectivity index (χ3n) is 2.46. The maximum atomic E-state index is 11.7. The Kier molecular flexibility index (Phi) is 5.59. The molecule has 0 fully saturated rings. The molecule has 0 saturated heterocycles. The van der Waals surface area contributed by atoms with Crippen LogP contribution in [0.25, 0.3) is 0 Å². The normalized spacial score (nSPS) is 11.7. The zero-order chi connectivity index (χ0) is 14.4. The Morgan fingerprint density at radius 2 is 1.95 bits per heavy atom. The second-order valence-electron chi connectivity index (χ2n) is 4.01. The maximum absolute atomic E-state index is 11.7. The molecule has 0 unspecified atom stereocenters. The number of carboxylic acid groups (broad SMARTS) is 1. The summed E-state index contributed by atoms with van der Waals surface area (Å²) in [5.74, 6) is -1.28. The first kappa shape index (κ1) is 15.3. The number of rotatable bonds is 5. The van der Waals surface area contributed by atoms with Gasteiger partial charge in [-0.3, -0.25) is 0 Å². The van der Waals surface area contributed by atoms with Crippen LogP contribution >= 0.6 is 11.6 Å². The monoisotopic (exact) mass is 286 g/mol. The van der Waals surface area contributed by atoms with Crippen molar-refractivity contribution in [2.45, 2.75) is 12.6 Å². The summed E-state index contributed by atoms with van der Waals surface area (Å²) in [4.78, 5) is 23.7. The summed E-state index contributed by atoms with van der Waals surface area (Å²) in [7, 11) is 1.53. The summed E-state index contributed by atoms with van der Waals surface area (Å²) < 4.78 is 0. The lowest BCUT2D eigenvalue weighted by Crippen LogP contribution is -2.48. The highest BCUT2D eigenvalue weighted by atomic mass is 35.5. The zero-order valence-corrected chi connectivity index (χ0v) is 11.1. The van der Waals surface area contributed by atoms with Gasteiger partial charge < -0.3 is 20.4 Å². The van der Waals surface area contributed by atoms with Gasteiger partial charge >= 0.3 is 12.0 Å². The zero-order valence-electron chi connectivity index (χ0n) is 10.3. The fourth-order valence-corrected chi connectivity index (χ4v) is 1.51. The third-order valence-corrected chi connectivity index (χ3v) is 2.71. The minimum absolute atomic E-state index is 0.306. The number of hydrogen-bond donors (Lipinski definition) is 3. The van der Waals surface area contributed by atoms with E-state index in [1.165, 1.54) is 11.9 Å². The molecule has 0 bridgehead atoms. The summed E-state index contributed by atoms with van der Waals surface area (Å²) in [5.41, 5.74) is 0.859. The molecule has 2 amide bonds. The van der Waals surface area contributed by atoms with Gasteiger partial charge in [0, 0.05) is 18.6 Å². The van der Waals surface area contributed by atoms with Crippen molar-refractivity contribution < 1.29 is 19.8 Å². The average molecular weight is 287 g/mol. The highest BCUT2D eigenvalue weighted by Gasteiger charge is 2.20. The Hall–Kier alpha value is -1.79. The lowest BCUT2D eigenvalue weighted by atomic mass is 10.2. The van der Waals surface area contributed by atoms with Gasteiger partial charge in [0.1, 0.15) is 0 Å². The van der Waals surface area contributed by atoms with E-state index in [0.717, 1.165) is 5.56 Å². The van der Waals surface area contributed by atoms with Crippen LogP contribution in [0.15, 0.2) is 24.3 Å². The first-order valence-corrected chi connectivity index (χ1v) is 5.91. The summed E-state index contributed by atoms with van der Waals surface area (Å²) in [6.07, 6.45) is 0. The van der Waals surface area contributed by atoms with E-state index >= 15 is 0 Å². The number of aliphatic carboxylic acids is 1. The summed E-state index contributed by atoms with van der Waals surface area (Å²) in [5, 5.41) is 20.3. The van der Waals surface area contributed by atoms with Crippen molar-refractivity contribution in [1.82, 2.24) is 10.2 Å². The van der Waals surface area contributed by atoms with Crippen molar-refractivity contribution in [3.05, 3.63) is 34.9 Å². The van der Waals surface area contributed by atoms with Crippen molar-refractivity contribution in [3.8, 4) is 0 Å².